The zero-order valence-electron chi connectivity index (χ0n) is 8.70. The van der Waals surface area contributed by atoms with Crippen molar-refractivity contribution < 1.29 is 4.79 Å². The highest BCUT2D eigenvalue weighted by atomic mass is 35.5. The van der Waals surface area contributed by atoms with Gasteiger partial charge in [-0.3, -0.25) is 4.79 Å². The van der Waals surface area contributed by atoms with Gasteiger partial charge in [0.2, 0.25) is 6.41 Å². The zero-order valence-corrected chi connectivity index (χ0v) is 10.2. The van der Waals surface area contributed by atoms with E-state index in [0.29, 0.717) is 10.0 Å². The number of carbonyl (C=O) groups excluding carboxylic acids is 1. The fraction of sp³-hybridized carbons (Fsp3) is 0.364. The molecule has 0 radical (unpaired) electrons. The lowest BCUT2D eigenvalue weighted by molar-refractivity contribution is -0.118. The first-order valence-corrected chi connectivity index (χ1v) is 5.85. The molecule has 3 nitrogen and oxygen atoms in total. The summed E-state index contributed by atoms with van der Waals surface area (Å²) in [5.74, 6) is 0. The van der Waals surface area contributed by atoms with Crippen LogP contribution in [0.25, 0.3) is 0 Å². The molecule has 0 bridgehead atoms. The van der Waals surface area contributed by atoms with Crippen LogP contribution in [0.4, 0.5) is 5.69 Å². The number of carbonyl (C=O) groups is 1. The molecule has 16 heavy (non-hydrogen) atoms. The van der Waals surface area contributed by atoms with E-state index in [9.17, 15) is 4.79 Å². The molecule has 0 atom stereocenters. The summed E-state index contributed by atoms with van der Waals surface area (Å²) in [5.41, 5.74) is 1.02. The minimum Gasteiger partial charge on any atom is -0.368 e. The average Bonchev–Trinajstić information content (AvgIpc) is 2.28. The first kappa shape index (κ1) is 11.6. The molecule has 0 spiro atoms. The second-order valence-corrected chi connectivity index (χ2v) is 4.63. The summed E-state index contributed by atoms with van der Waals surface area (Å²) in [6.45, 7) is 3.12. The van der Waals surface area contributed by atoms with E-state index in [1.807, 2.05) is 12.1 Å². The van der Waals surface area contributed by atoms with E-state index in [4.69, 9.17) is 23.2 Å². The van der Waals surface area contributed by atoms with Gasteiger partial charge in [-0.25, -0.2) is 0 Å². The Morgan fingerprint density at radius 2 is 1.56 bits per heavy atom. The molecule has 2 rings (SSSR count). The smallest absolute Gasteiger partial charge is 0.209 e. The number of piperazine rings is 1. The van der Waals surface area contributed by atoms with E-state index >= 15 is 0 Å². The van der Waals surface area contributed by atoms with Crippen LogP contribution in [0, 0.1) is 0 Å². The highest BCUT2D eigenvalue weighted by molar-refractivity contribution is 6.35. The maximum Gasteiger partial charge on any atom is 0.209 e. The molecule has 1 aliphatic heterocycles. The molecule has 1 saturated heterocycles. The largest absolute Gasteiger partial charge is 0.368 e. The van der Waals surface area contributed by atoms with Gasteiger partial charge in [0.15, 0.2) is 0 Å². The van der Waals surface area contributed by atoms with E-state index in [-0.39, 0.29) is 0 Å². The minimum atomic E-state index is 0.639. The Hall–Kier alpha value is -0.930. The first-order chi connectivity index (χ1) is 7.69. The Kier molecular flexibility index (Phi) is 3.56. The Morgan fingerprint density at radius 3 is 2.06 bits per heavy atom. The number of anilines is 1. The first-order valence-electron chi connectivity index (χ1n) is 5.09. The molecule has 0 N–H and O–H groups in total. The summed E-state index contributed by atoms with van der Waals surface area (Å²) in [6.07, 6.45) is 0.891. The van der Waals surface area contributed by atoms with Gasteiger partial charge < -0.3 is 9.80 Å². The van der Waals surface area contributed by atoms with Gasteiger partial charge >= 0.3 is 0 Å². The van der Waals surface area contributed by atoms with Crippen LogP contribution in [0.1, 0.15) is 0 Å². The SMILES string of the molecule is O=CN1CCN(c2cc(Cl)cc(Cl)c2)CC1. The van der Waals surface area contributed by atoms with Crippen molar-refractivity contribution in [2.45, 2.75) is 0 Å². The summed E-state index contributed by atoms with van der Waals surface area (Å²) in [5, 5.41) is 1.28. The Bertz CT molecular complexity index is 369. The van der Waals surface area contributed by atoms with E-state index in [1.54, 1.807) is 11.0 Å². The summed E-state index contributed by atoms with van der Waals surface area (Å²) < 4.78 is 0. The summed E-state index contributed by atoms with van der Waals surface area (Å²) in [7, 11) is 0. The van der Waals surface area contributed by atoms with Crippen LogP contribution in [-0.2, 0) is 4.79 Å². The third-order valence-electron chi connectivity index (χ3n) is 2.68. The molecule has 86 valence electrons. The zero-order chi connectivity index (χ0) is 11.5. The lowest BCUT2D eigenvalue weighted by atomic mass is 10.2. The van der Waals surface area contributed by atoms with E-state index in [1.165, 1.54) is 0 Å². The Labute approximate surface area is 105 Å². The molecule has 0 aromatic heterocycles. The third-order valence-corrected chi connectivity index (χ3v) is 3.11. The molecule has 1 fully saturated rings. The van der Waals surface area contributed by atoms with E-state index < -0.39 is 0 Å². The number of halogens is 2. The quantitative estimate of drug-likeness (QED) is 0.761. The summed E-state index contributed by atoms with van der Waals surface area (Å²) >= 11 is 11.9. The van der Waals surface area contributed by atoms with Crippen molar-refractivity contribution in [3.8, 4) is 0 Å². The number of amides is 1. The van der Waals surface area contributed by atoms with Crippen molar-refractivity contribution in [3.05, 3.63) is 28.2 Å². The van der Waals surface area contributed by atoms with E-state index in [2.05, 4.69) is 4.90 Å². The lowest BCUT2D eigenvalue weighted by Crippen LogP contribution is -2.45. The van der Waals surface area contributed by atoms with Crippen LogP contribution >= 0.6 is 23.2 Å². The van der Waals surface area contributed by atoms with E-state index in [0.717, 1.165) is 38.3 Å². The number of hydrogen-bond donors (Lipinski definition) is 0. The molecule has 1 aromatic carbocycles. The standard InChI is InChI=1S/C11H12Cl2N2O/c12-9-5-10(13)7-11(6-9)15-3-1-14(8-16)2-4-15/h5-8H,1-4H2. The second kappa shape index (κ2) is 4.93. The second-order valence-electron chi connectivity index (χ2n) is 3.76. The van der Waals surface area contributed by atoms with Crippen LogP contribution in [0.3, 0.4) is 0 Å². The fourth-order valence-electron chi connectivity index (χ4n) is 1.81. The van der Waals surface area contributed by atoms with Gasteiger partial charge in [0.1, 0.15) is 0 Å². The number of benzene rings is 1. The molecule has 1 aliphatic rings. The minimum absolute atomic E-state index is 0.639. The van der Waals surface area contributed by atoms with Gasteiger partial charge in [0.05, 0.1) is 0 Å². The third kappa shape index (κ3) is 2.60. The normalized spacial score (nSPS) is 16.4. The Balaban J connectivity index is 2.10. The molecular weight excluding hydrogens is 247 g/mol. The Morgan fingerprint density at radius 1 is 1.00 bits per heavy atom. The van der Waals surface area contributed by atoms with Gasteiger partial charge in [0.25, 0.3) is 0 Å². The monoisotopic (exact) mass is 258 g/mol. The van der Waals surface area contributed by atoms with Gasteiger partial charge in [-0.15, -0.1) is 0 Å². The molecule has 0 saturated carbocycles. The molecule has 1 heterocycles. The molecule has 0 aliphatic carbocycles. The van der Waals surface area contributed by atoms with Crippen LogP contribution in [0.5, 0.6) is 0 Å². The predicted molar refractivity (Wildman–Crippen MR) is 66.3 cm³/mol. The van der Waals surface area contributed by atoms with Crippen LogP contribution in [-0.4, -0.2) is 37.5 Å². The summed E-state index contributed by atoms with van der Waals surface area (Å²) in [6, 6.07) is 5.50. The number of nitrogens with zero attached hydrogens (tertiary/aromatic N) is 2. The number of hydrogen-bond acceptors (Lipinski definition) is 2. The van der Waals surface area contributed by atoms with Gasteiger partial charge in [-0.1, -0.05) is 23.2 Å². The van der Waals surface area contributed by atoms with Gasteiger partial charge in [-0.05, 0) is 18.2 Å². The topological polar surface area (TPSA) is 23.6 Å². The lowest BCUT2D eigenvalue weighted by Gasteiger charge is -2.34. The van der Waals surface area contributed by atoms with Crippen molar-refractivity contribution in [1.29, 1.82) is 0 Å². The maximum atomic E-state index is 10.6. The molecule has 1 aromatic rings. The van der Waals surface area contributed by atoms with Crippen LogP contribution in [0.15, 0.2) is 18.2 Å². The van der Waals surface area contributed by atoms with Crippen LogP contribution in [0.2, 0.25) is 10.0 Å². The maximum absolute atomic E-state index is 10.6. The number of rotatable bonds is 2. The van der Waals surface area contributed by atoms with Crippen molar-refractivity contribution in [1.82, 2.24) is 4.90 Å². The predicted octanol–water partition coefficient (Wildman–Crippen LogP) is 2.27. The molecular formula is C11H12Cl2N2O. The molecule has 1 amide bonds. The molecule has 5 heteroatoms. The molecule has 0 unspecified atom stereocenters. The summed E-state index contributed by atoms with van der Waals surface area (Å²) in [4.78, 5) is 14.5. The van der Waals surface area contributed by atoms with Crippen molar-refractivity contribution in [2.75, 3.05) is 31.1 Å². The van der Waals surface area contributed by atoms with Crippen LogP contribution < -0.4 is 4.90 Å². The highest BCUT2D eigenvalue weighted by Crippen LogP contribution is 2.25. The highest BCUT2D eigenvalue weighted by Gasteiger charge is 2.16. The van der Waals surface area contributed by atoms with Crippen molar-refractivity contribution >= 4 is 35.3 Å². The fourth-order valence-corrected chi connectivity index (χ4v) is 2.32. The van der Waals surface area contributed by atoms with Gasteiger partial charge in [-0.2, -0.15) is 0 Å². The van der Waals surface area contributed by atoms with Crippen molar-refractivity contribution in [2.24, 2.45) is 0 Å². The van der Waals surface area contributed by atoms with Gasteiger partial charge in [0, 0.05) is 41.9 Å². The average molecular weight is 259 g/mol. The van der Waals surface area contributed by atoms with Crippen molar-refractivity contribution in [3.63, 3.8) is 0 Å².